The summed E-state index contributed by atoms with van der Waals surface area (Å²) < 4.78 is 32.5. The number of hydrogen-bond donors (Lipinski definition) is 0. The lowest BCUT2D eigenvalue weighted by atomic mass is 10.0. The number of hydrogen-bond acceptors (Lipinski definition) is 6. The number of rotatable bonds is 5. The second-order valence-corrected chi connectivity index (χ2v) is 9.65. The van der Waals surface area contributed by atoms with Crippen LogP contribution in [0, 0.1) is 11.3 Å². The third-order valence-corrected chi connectivity index (χ3v) is 7.87. The number of ether oxygens (including phenoxy) is 1. The van der Waals surface area contributed by atoms with E-state index in [9.17, 15) is 13.2 Å². The number of sulfonamides is 1. The van der Waals surface area contributed by atoms with Gasteiger partial charge in [-0.25, -0.2) is 13.2 Å². The smallest absolute Gasteiger partial charge is 0.355 e. The maximum absolute atomic E-state index is 12.8. The number of esters is 1. The molecule has 0 amide bonds. The van der Waals surface area contributed by atoms with Gasteiger partial charge in [0, 0.05) is 13.1 Å². The van der Waals surface area contributed by atoms with Crippen LogP contribution in [-0.4, -0.2) is 31.8 Å². The fourth-order valence-corrected chi connectivity index (χ4v) is 6.11. The second-order valence-electron chi connectivity index (χ2n) is 6.83. The molecule has 0 aliphatic carbocycles. The Morgan fingerprint density at radius 1 is 0.967 bits per heavy atom. The first-order chi connectivity index (χ1) is 14.5. The summed E-state index contributed by atoms with van der Waals surface area (Å²) in [5.74, 6) is -0.357. The number of carbonyl (C=O) groups is 1. The summed E-state index contributed by atoms with van der Waals surface area (Å²) in [6, 6.07) is 17.6. The van der Waals surface area contributed by atoms with Gasteiger partial charge in [0.2, 0.25) is 10.0 Å². The molecule has 1 saturated heterocycles. The summed E-state index contributed by atoms with van der Waals surface area (Å²) in [6.45, 7) is 0.951. The summed E-state index contributed by atoms with van der Waals surface area (Å²) in [6.07, 6.45) is 1.66. The molecular formula is C22H18N2O4S2. The molecule has 3 aromatic rings. The van der Waals surface area contributed by atoms with Gasteiger partial charge in [0.15, 0.2) is 0 Å². The molecule has 4 rings (SSSR count). The Hall–Kier alpha value is -2.99. The predicted molar refractivity (Wildman–Crippen MR) is 114 cm³/mol. The van der Waals surface area contributed by atoms with E-state index in [4.69, 9.17) is 10.00 Å². The molecule has 152 valence electrons. The average molecular weight is 439 g/mol. The fraction of sp³-hybridized carbons (Fsp3) is 0.182. The van der Waals surface area contributed by atoms with Gasteiger partial charge in [0.1, 0.15) is 15.5 Å². The minimum Gasteiger partial charge on any atom is -0.422 e. The third-order valence-electron chi connectivity index (χ3n) is 4.91. The van der Waals surface area contributed by atoms with E-state index in [0.717, 1.165) is 35.3 Å². The average Bonchev–Trinajstić information content (AvgIpc) is 3.47. The lowest BCUT2D eigenvalue weighted by Gasteiger charge is -2.15. The molecule has 0 radical (unpaired) electrons. The van der Waals surface area contributed by atoms with E-state index in [1.807, 2.05) is 12.1 Å². The zero-order chi connectivity index (χ0) is 21.1. The van der Waals surface area contributed by atoms with Crippen LogP contribution in [0.2, 0.25) is 0 Å². The number of nitrogens with zero attached hydrogens (tertiary/aromatic N) is 2. The molecule has 6 nitrogen and oxygen atoms in total. The van der Waals surface area contributed by atoms with Crippen molar-refractivity contribution in [3.8, 4) is 22.9 Å². The summed E-state index contributed by atoms with van der Waals surface area (Å²) in [5.41, 5.74) is 2.43. The van der Waals surface area contributed by atoms with E-state index in [0.29, 0.717) is 24.4 Å². The Morgan fingerprint density at radius 3 is 2.17 bits per heavy atom. The molecule has 1 aliphatic heterocycles. The summed E-state index contributed by atoms with van der Waals surface area (Å²) in [4.78, 5) is 12.7. The van der Waals surface area contributed by atoms with Crippen LogP contribution in [0.15, 0.2) is 64.9 Å². The van der Waals surface area contributed by atoms with Crippen molar-refractivity contribution < 1.29 is 17.9 Å². The number of thiophene rings is 1. The molecule has 0 bridgehead atoms. The van der Waals surface area contributed by atoms with Gasteiger partial charge < -0.3 is 4.74 Å². The van der Waals surface area contributed by atoms with Crippen molar-refractivity contribution >= 4 is 27.3 Å². The van der Waals surface area contributed by atoms with Crippen molar-refractivity contribution in [2.24, 2.45) is 0 Å². The molecule has 0 saturated carbocycles. The molecular weight excluding hydrogens is 420 g/mol. The van der Waals surface area contributed by atoms with Crippen molar-refractivity contribution in [1.82, 2.24) is 4.31 Å². The highest BCUT2D eigenvalue weighted by molar-refractivity contribution is 7.89. The maximum Gasteiger partial charge on any atom is 0.355 e. The van der Waals surface area contributed by atoms with Gasteiger partial charge in [-0.2, -0.15) is 9.57 Å². The number of carbonyl (C=O) groups excluding carboxylic acids is 1. The van der Waals surface area contributed by atoms with Gasteiger partial charge in [-0.3, -0.25) is 0 Å². The second kappa shape index (κ2) is 8.40. The normalized spacial score (nSPS) is 14.4. The van der Waals surface area contributed by atoms with Crippen molar-refractivity contribution in [1.29, 1.82) is 5.26 Å². The van der Waals surface area contributed by atoms with E-state index < -0.39 is 16.0 Å². The van der Waals surface area contributed by atoms with Gasteiger partial charge >= 0.3 is 5.97 Å². The molecule has 1 fully saturated rings. The first-order valence-corrected chi connectivity index (χ1v) is 11.7. The summed E-state index contributed by atoms with van der Waals surface area (Å²) >= 11 is 1.06. The number of nitriles is 1. The SMILES string of the molecule is N#Cc1ccc(-c2ccc(OC(=O)c3sccc3S(=O)(=O)N3CCCC3)cc2)cc1. The quantitative estimate of drug-likeness (QED) is 0.438. The van der Waals surface area contributed by atoms with Gasteiger partial charge in [0.25, 0.3) is 0 Å². The summed E-state index contributed by atoms with van der Waals surface area (Å²) in [5, 5.41) is 10.5. The van der Waals surface area contributed by atoms with E-state index in [1.54, 1.807) is 41.8 Å². The van der Waals surface area contributed by atoms with Crippen LogP contribution in [0.4, 0.5) is 0 Å². The lowest BCUT2D eigenvalue weighted by Crippen LogP contribution is -2.29. The Labute approximate surface area is 179 Å². The van der Waals surface area contributed by atoms with E-state index >= 15 is 0 Å². The van der Waals surface area contributed by atoms with Crippen molar-refractivity contribution in [3.05, 3.63) is 70.4 Å². The van der Waals surface area contributed by atoms with Crippen LogP contribution < -0.4 is 4.74 Å². The lowest BCUT2D eigenvalue weighted by molar-refractivity contribution is 0.0736. The Kier molecular flexibility index (Phi) is 5.68. The molecule has 0 unspecified atom stereocenters. The van der Waals surface area contributed by atoms with Gasteiger partial charge in [-0.1, -0.05) is 24.3 Å². The van der Waals surface area contributed by atoms with E-state index in [2.05, 4.69) is 6.07 Å². The summed E-state index contributed by atoms with van der Waals surface area (Å²) in [7, 11) is -3.69. The van der Waals surface area contributed by atoms with Crippen LogP contribution in [0.3, 0.4) is 0 Å². The Balaban J connectivity index is 1.51. The zero-order valence-corrected chi connectivity index (χ0v) is 17.6. The molecule has 2 aromatic carbocycles. The van der Waals surface area contributed by atoms with Crippen molar-refractivity contribution in [2.75, 3.05) is 13.1 Å². The molecule has 0 atom stereocenters. The molecule has 0 N–H and O–H groups in total. The Bertz CT molecular complexity index is 1200. The van der Waals surface area contributed by atoms with E-state index in [-0.39, 0.29) is 9.77 Å². The minimum atomic E-state index is -3.69. The van der Waals surface area contributed by atoms with Crippen molar-refractivity contribution in [2.45, 2.75) is 17.7 Å². The molecule has 30 heavy (non-hydrogen) atoms. The molecule has 2 heterocycles. The van der Waals surface area contributed by atoms with Crippen LogP contribution in [0.1, 0.15) is 28.1 Å². The van der Waals surface area contributed by atoms with Crippen LogP contribution >= 0.6 is 11.3 Å². The molecule has 1 aliphatic rings. The number of benzene rings is 2. The standard InChI is InChI=1S/C22H18N2O4S2/c23-15-16-3-5-17(6-4-16)18-7-9-19(10-8-18)28-22(25)21-20(11-14-29-21)30(26,27)24-12-1-2-13-24/h3-11,14H,1-2,12-13H2. The van der Waals surface area contributed by atoms with Crippen LogP contribution in [-0.2, 0) is 10.0 Å². The molecule has 0 spiro atoms. The monoisotopic (exact) mass is 438 g/mol. The maximum atomic E-state index is 12.8. The van der Waals surface area contributed by atoms with E-state index in [1.165, 1.54) is 10.4 Å². The van der Waals surface area contributed by atoms with Crippen LogP contribution in [0.5, 0.6) is 5.75 Å². The highest BCUT2D eigenvalue weighted by atomic mass is 32.2. The van der Waals surface area contributed by atoms with Gasteiger partial charge in [0.05, 0.1) is 11.6 Å². The largest absolute Gasteiger partial charge is 0.422 e. The van der Waals surface area contributed by atoms with Gasteiger partial charge in [-0.15, -0.1) is 11.3 Å². The molecule has 8 heteroatoms. The highest BCUT2D eigenvalue weighted by Crippen LogP contribution is 2.29. The zero-order valence-electron chi connectivity index (χ0n) is 15.9. The third kappa shape index (κ3) is 4.00. The first kappa shape index (κ1) is 20.3. The highest BCUT2D eigenvalue weighted by Gasteiger charge is 2.32. The molecule has 1 aromatic heterocycles. The first-order valence-electron chi connectivity index (χ1n) is 9.39. The Morgan fingerprint density at radius 2 is 1.57 bits per heavy atom. The topological polar surface area (TPSA) is 87.5 Å². The van der Waals surface area contributed by atoms with Crippen LogP contribution in [0.25, 0.3) is 11.1 Å². The fourth-order valence-electron chi connectivity index (χ4n) is 3.32. The predicted octanol–water partition coefficient (Wildman–Crippen LogP) is 4.29. The van der Waals surface area contributed by atoms with Gasteiger partial charge in [-0.05, 0) is 59.7 Å². The minimum absolute atomic E-state index is 0.00797. The van der Waals surface area contributed by atoms with Crippen molar-refractivity contribution in [3.63, 3.8) is 0 Å².